The Bertz CT molecular complexity index is 1110. The molecule has 0 aliphatic carbocycles. The van der Waals surface area contributed by atoms with Gasteiger partial charge in [-0.3, -0.25) is 0 Å². The van der Waals surface area contributed by atoms with Crippen LogP contribution in [0.1, 0.15) is 84.6 Å². The summed E-state index contributed by atoms with van der Waals surface area (Å²) < 4.78 is 12.0. The third-order valence-electron chi connectivity index (χ3n) is 6.29. The number of hydrogen-bond donors (Lipinski definition) is 0. The molecule has 3 rings (SSSR count). The first-order valence-corrected chi connectivity index (χ1v) is 11.6. The minimum atomic E-state index is -0.0796. The number of methoxy groups -OCH3 is 2. The maximum Gasteiger partial charge on any atom is 1.00 e. The molecule has 33 heavy (non-hydrogen) atoms. The van der Waals surface area contributed by atoms with Crippen LogP contribution in [0.2, 0.25) is 0 Å². The second-order valence-electron chi connectivity index (χ2n) is 12.2. The van der Waals surface area contributed by atoms with E-state index in [4.69, 9.17) is 9.47 Å². The molecule has 0 atom stereocenters. The van der Waals surface area contributed by atoms with Crippen molar-refractivity contribution >= 4 is 10.8 Å². The summed E-state index contributed by atoms with van der Waals surface area (Å²) in [5, 5.41) is 2.52. The first kappa shape index (κ1) is 27.5. The molecule has 0 saturated carbocycles. The zero-order valence-corrected chi connectivity index (χ0v) is 23.2. The Morgan fingerprint density at radius 2 is 1.21 bits per heavy atom. The van der Waals surface area contributed by atoms with E-state index in [1.165, 1.54) is 44.2 Å². The van der Waals surface area contributed by atoms with Crippen LogP contribution in [0.25, 0.3) is 21.9 Å². The molecule has 0 unspecified atom stereocenters. The number of benzene rings is 2. The van der Waals surface area contributed by atoms with Gasteiger partial charge in [0, 0.05) is 11.1 Å². The second kappa shape index (κ2) is 9.13. The molecule has 0 saturated heterocycles. The molecule has 0 heterocycles. The normalized spacial score (nSPS) is 12.6. The Kier molecular flexibility index (Phi) is 7.60. The van der Waals surface area contributed by atoms with Crippen molar-refractivity contribution in [2.45, 2.75) is 85.5 Å². The van der Waals surface area contributed by atoms with Gasteiger partial charge in [0.25, 0.3) is 0 Å². The minimum absolute atomic E-state index is 0. The summed E-state index contributed by atoms with van der Waals surface area (Å²) in [6.07, 6.45) is 0. The summed E-state index contributed by atoms with van der Waals surface area (Å²) in [6, 6.07) is 11.5. The van der Waals surface area contributed by atoms with Gasteiger partial charge in [-0.15, -0.1) is 22.4 Å². The molecule has 0 spiro atoms. The molecule has 3 heteroatoms. The average Bonchev–Trinajstić information content (AvgIpc) is 3.02. The fourth-order valence-corrected chi connectivity index (χ4v) is 4.80. The first-order chi connectivity index (χ1) is 14.6. The molecule has 0 N–H and O–H groups in total. The van der Waals surface area contributed by atoms with E-state index in [-0.39, 0.29) is 35.1 Å². The van der Waals surface area contributed by atoms with Crippen molar-refractivity contribution in [3.05, 3.63) is 52.6 Å². The van der Waals surface area contributed by atoms with Crippen molar-refractivity contribution in [2.75, 3.05) is 14.2 Å². The Balaban J connectivity index is 0.00000385. The molecule has 0 fully saturated rings. The van der Waals surface area contributed by atoms with Crippen molar-refractivity contribution in [1.82, 2.24) is 0 Å². The van der Waals surface area contributed by atoms with Gasteiger partial charge in [-0.2, -0.15) is 6.07 Å². The first-order valence-electron chi connectivity index (χ1n) is 11.6. The van der Waals surface area contributed by atoms with Gasteiger partial charge in [0.2, 0.25) is 0 Å². The van der Waals surface area contributed by atoms with Crippen LogP contribution in [0, 0.1) is 6.92 Å². The molecule has 174 valence electrons. The van der Waals surface area contributed by atoms with Gasteiger partial charge in [0.1, 0.15) is 5.75 Å². The summed E-state index contributed by atoms with van der Waals surface area (Å²) >= 11 is 0. The SMILES string of the molecule is COc1cc2[cH-]c(C)cc2c(-c2cc(C(C)(C)C)c(OC)c(C(C)(C)C)c2)c1C(C)(C)C.[Li+]. The summed E-state index contributed by atoms with van der Waals surface area (Å²) in [6.45, 7) is 22.6. The zero-order chi connectivity index (χ0) is 24.2. The number of aryl methyl sites for hydroxylation is 1. The molecule has 3 aromatic carbocycles. The van der Waals surface area contributed by atoms with Crippen molar-refractivity contribution in [2.24, 2.45) is 0 Å². The van der Waals surface area contributed by atoms with Gasteiger partial charge in [-0.05, 0) is 39.5 Å². The van der Waals surface area contributed by atoms with Crippen molar-refractivity contribution in [1.29, 1.82) is 0 Å². The van der Waals surface area contributed by atoms with E-state index in [0.717, 1.165) is 11.5 Å². The van der Waals surface area contributed by atoms with Gasteiger partial charge in [0.05, 0.1) is 20.0 Å². The number of fused-ring (bicyclic) bond motifs is 1. The molecule has 0 radical (unpaired) electrons. The summed E-state index contributed by atoms with van der Waals surface area (Å²) in [7, 11) is 3.58. The number of ether oxygens (including phenoxy) is 2. The van der Waals surface area contributed by atoms with Crippen molar-refractivity contribution in [3.63, 3.8) is 0 Å². The van der Waals surface area contributed by atoms with Gasteiger partial charge in [0.15, 0.2) is 0 Å². The summed E-state index contributed by atoms with van der Waals surface area (Å²) in [4.78, 5) is 0. The molecule has 0 aromatic heterocycles. The standard InChI is InChI=1S/C30H41O2.Li/c1-18-13-19-17-24(31-11)26(30(8,9)10)25(21(19)14-18)20-15-22(28(2,3)4)27(32-12)23(16-20)29(5,6)7;/h13-17H,1-12H3;/q-1;+1. The van der Waals surface area contributed by atoms with Gasteiger partial charge in [-0.1, -0.05) is 80.9 Å². The van der Waals surface area contributed by atoms with Crippen LogP contribution in [-0.2, 0) is 16.2 Å². The fourth-order valence-electron chi connectivity index (χ4n) is 4.80. The van der Waals surface area contributed by atoms with E-state index in [0.29, 0.717) is 0 Å². The maximum atomic E-state index is 6.03. The maximum absolute atomic E-state index is 6.03. The number of rotatable bonds is 3. The molecule has 0 aliphatic heterocycles. The predicted octanol–water partition coefficient (Wildman–Crippen LogP) is 5.45. The largest absolute Gasteiger partial charge is 1.00 e. The van der Waals surface area contributed by atoms with Crippen LogP contribution in [-0.4, -0.2) is 14.2 Å². The van der Waals surface area contributed by atoms with E-state index in [2.05, 4.69) is 99.6 Å². The van der Waals surface area contributed by atoms with Crippen LogP contribution in [0.3, 0.4) is 0 Å². The van der Waals surface area contributed by atoms with E-state index >= 15 is 0 Å². The van der Waals surface area contributed by atoms with E-state index in [9.17, 15) is 0 Å². The van der Waals surface area contributed by atoms with Gasteiger partial charge >= 0.3 is 18.9 Å². The van der Waals surface area contributed by atoms with Crippen LogP contribution in [0.15, 0.2) is 30.3 Å². The van der Waals surface area contributed by atoms with Crippen LogP contribution in [0.4, 0.5) is 0 Å². The molecule has 2 nitrogen and oxygen atoms in total. The Labute approximate surface area is 213 Å². The minimum Gasteiger partial charge on any atom is -0.506 e. The molecular formula is C30H41LiO2. The van der Waals surface area contributed by atoms with Crippen molar-refractivity contribution in [3.8, 4) is 22.6 Å². The number of hydrogen-bond acceptors (Lipinski definition) is 2. The predicted molar refractivity (Wildman–Crippen MR) is 139 cm³/mol. The van der Waals surface area contributed by atoms with E-state index in [1.54, 1.807) is 14.2 Å². The Morgan fingerprint density at radius 3 is 1.61 bits per heavy atom. The molecular weight excluding hydrogens is 399 g/mol. The molecule has 3 aromatic rings. The summed E-state index contributed by atoms with van der Waals surface area (Å²) in [5.41, 5.74) is 7.33. The smallest absolute Gasteiger partial charge is 0.506 e. The third-order valence-corrected chi connectivity index (χ3v) is 6.29. The molecule has 0 bridgehead atoms. The van der Waals surface area contributed by atoms with Gasteiger partial charge < -0.3 is 9.47 Å². The molecule has 0 aliphatic rings. The average molecular weight is 441 g/mol. The topological polar surface area (TPSA) is 18.5 Å². The quantitative estimate of drug-likeness (QED) is 0.398. The fraction of sp³-hybridized carbons (Fsp3) is 0.500. The van der Waals surface area contributed by atoms with Gasteiger partial charge in [-0.25, -0.2) is 0 Å². The third kappa shape index (κ3) is 5.18. The van der Waals surface area contributed by atoms with Crippen molar-refractivity contribution < 1.29 is 28.3 Å². The van der Waals surface area contributed by atoms with Crippen LogP contribution in [0.5, 0.6) is 11.5 Å². The Morgan fingerprint density at radius 1 is 0.697 bits per heavy atom. The summed E-state index contributed by atoms with van der Waals surface area (Å²) in [5.74, 6) is 1.96. The van der Waals surface area contributed by atoms with E-state index in [1.807, 2.05) is 0 Å². The zero-order valence-electron chi connectivity index (χ0n) is 23.2. The van der Waals surface area contributed by atoms with Crippen LogP contribution < -0.4 is 28.3 Å². The second-order valence-corrected chi connectivity index (χ2v) is 12.2. The monoisotopic (exact) mass is 440 g/mol. The van der Waals surface area contributed by atoms with Crippen LogP contribution >= 0.6 is 0 Å². The van der Waals surface area contributed by atoms with E-state index < -0.39 is 0 Å². The molecule has 0 amide bonds. The Hall–Kier alpha value is -1.75.